The Balaban J connectivity index is 4.89. The predicted molar refractivity (Wildman–Crippen MR) is 79.8 cm³/mol. The molecule has 0 radical (unpaired) electrons. The lowest BCUT2D eigenvalue weighted by Gasteiger charge is -2.39. The maximum atomic E-state index is 6.12. The van der Waals surface area contributed by atoms with Crippen molar-refractivity contribution >= 4 is 17.0 Å². The van der Waals surface area contributed by atoms with E-state index in [0.717, 1.165) is 37.4 Å². The van der Waals surface area contributed by atoms with Crippen molar-refractivity contribution < 1.29 is 8.85 Å². The van der Waals surface area contributed by atoms with Crippen LogP contribution in [0.15, 0.2) is 0 Å². The highest BCUT2D eigenvalue weighted by Crippen LogP contribution is 2.22. The van der Waals surface area contributed by atoms with Crippen LogP contribution in [0.5, 0.6) is 0 Å². The summed E-state index contributed by atoms with van der Waals surface area (Å²) in [5.41, 5.74) is 0. The van der Waals surface area contributed by atoms with Gasteiger partial charge in [0.25, 0.3) is 17.0 Å². The third kappa shape index (κ3) is 4.83. The van der Waals surface area contributed by atoms with Crippen molar-refractivity contribution in [3.63, 3.8) is 0 Å². The summed E-state index contributed by atoms with van der Waals surface area (Å²) in [6.07, 6.45) is 0. The molecule has 0 aliphatic carbocycles. The van der Waals surface area contributed by atoms with Gasteiger partial charge in [-0.2, -0.15) is 0 Å². The second-order valence-electron chi connectivity index (χ2n) is 4.39. The summed E-state index contributed by atoms with van der Waals surface area (Å²) in [7, 11) is -3.54. The zero-order chi connectivity index (χ0) is 13.4. The Morgan fingerprint density at radius 2 is 0.941 bits per heavy atom. The van der Waals surface area contributed by atoms with Crippen molar-refractivity contribution in [2.75, 3.05) is 13.2 Å². The number of hydrogen-bond acceptors (Lipinski definition) is 3. The molecule has 0 aliphatic heterocycles. The lowest BCUT2D eigenvalue weighted by Crippen LogP contribution is -2.66. The Kier molecular flexibility index (Phi) is 8.58. The van der Waals surface area contributed by atoms with Crippen LogP contribution in [0.25, 0.3) is 0 Å². The van der Waals surface area contributed by atoms with Gasteiger partial charge in [-0.05, 0) is 38.0 Å². The van der Waals surface area contributed by atoms with Crippen LogP contribution in [-0.2, 0) is 8.85 Å². The molecular weight excluding hydrogens is 246 g/mol. The zero-order valence-corrected chi connectivity index (χ0v) is 14.6. The fraction of sp³-hybridized carbons (Fsp3) is 1.00. The first-order valence-corrected chi connectivity index (χ1v) is 11.8. The third-order valence-electron chi connectivity index (χ3n) is 3.58. The van der Waals surface area contributed by atoms with E-state index in [1.165, 1.54) is 0 Å². The van der Waals surface area contributed by atoms with Gasteiger partial charge in [0.2, 0.25) is 0 Å². The standard InChI is InChI=1S/C12H31NO2Si2/c1-7-14-16(9-3,10-4)13-17(11-5,12-6)15-8-2/h13H,7-12H2,1-6H3. The van der Waals surface area contributed by atoms with Gasteiger partial charge in [0.05, 0.1) is 0 Å². The summed E-state index contributed by atoms with van der Waals surface area (Å²) in [6.45, 7) is 14.8. The van der Waals surface area contributed by atoms with Crippen molar-refractivity contribution in [3.8, 4) is 0 Å². The number of rotatable bonds is 10. The molecule has 1 N–H and O–H groups in total. The molecule has 3 nitrogen and oxygen atoms in total. The van der Waals surface area contributed by atoms with E-state index in [-0.39, 0.29) is 0 Å². The monoisotopic (exact) mass is 277 g/mol. The third-order valence-corrected chi connectivity index (χ3v) is 13.5. The molecule has 104 valence electrons. The van der Waals surface area contributed by atoms with E-state index < -0.39 is 17.0 Å². The van der Waals surface area contributed by atoms with Crippen LogP contribution in [0.1, 0.15) is 41.5 Å². The second-order valence-corrected chi connectivity index (χ2v) is 12.8. The normalized spacial score (nSPS) is 13.1. The molecule has 5 heteroatoms. The van der Waals surface area contributed by atoms with Gasteiger partial charge in [-0.1, -0.05) is 27.7 Å². The minimum absolute atomic E-state index is 0.810. The molecule has 0 atom stereocenters. The molecule has 0 saturated heterocycles. The van der Waals surface area contributed by atoms with Gasteiger partial charge in [-0.3, -0.25) is 0 Å². The van der Waals surface area contributed by atoms with Crippen LogP contribution in [0, 0.1) is 0 Å². The minimum Gasteiger partial charge on any atom is -0.404 e. The Bertz CT molecular complexity index is 175. The predicted octanol–water partition coefficient (Wildman–Crippen LogP) is 3.61. The van der Waals surface area contributed by atoms with Crippen molar-refractivity contribution in [1.82, 2.24) is 4.65 Å². The fourth-order valence-corrected chi connectivity index (χ4v) is 12.0. The average Bonchev–Trinajstić information content (AvgIpc) is 2.37. The van der Waals surface area contributed by atoms with Crippen molar-refractivity contribution in [3.05, 3.63) is 0 Å². The first-order chi connectivity index (χ1) is 8.07. The molecule has 0 heterocycles. The van der Waals surface area contributed by atoms with E-state index in [1.54, 1.807) is 0 Å². The van der Waals surface area contributed by atoms with E-state index in [4.69, 9.17) is 8.85 Å². The summed E-state index contributed by atoms with van der Waals surface area (Å²) in [5.74, 6) is 0. The van der Waals surface area contributed by atoms with E-state index in [1.807, 2.05) is 0 Å². The van der Waals surface area contributed by atoms with Gasteiger partial charge in [0.1, 0.15) is 0 Å². The largest absolute Gasteiger partial charge is 0.404 e. The highest BCUT2D eigenvalue weighted by molar-refractivity contribution is 6.87. The molecule has 0 unspecified atom stereocenters. The van der Waals surface area contributed by atoms with Crippen LogP contribution in [0.2, 0.25) is 24.2 Å². The zero-order valence-electron chi connectivity index (χ0n) is 12.6. The maximum Gasteiger partial charge on any atom is 0.263 e. The van der Waals surface area contributed by atoms with Crippen LogP contribution >= 0.6 is 0 Å². The highest BCUT2D eigenvalue weighted by Gasteiger charge is 2.42. The first kappa shape index (κ1) is 17.3. The van der Waals surface area contributed by atoms with E-state index in [2.05, 4.69) is 46.2 Å². The molecule has 0 aliphatic rings. The van der Waals surface area contributed by atoms with Crippen LogP contribution in [0.3, 0.4) is 0 Å². The summed E-state index contributed by atoms with van der Waals surface area (Å²) >= 11 is 0. The number of nitrogens with one attached hydrogen (secondary N) is 1. The topological polar surface area (TPSA) is 30.5 Å². The Hall–Kier alpha value is 0.314. The molecule has 0 fully saturated rings. The van der Waals surface area contributed by atoms with Gasteiger partial charge in [-0.25, -0.2) is 0 Å². The minimum atomic E-state index is -1.77. The Morgan fingerprint density at radius 3 is 1.12 bits per heavy atom. The lowest BCUT2D eigenvalue weighted by molar-refractivity contribution is 0.292. The molecular formula is C12H31NO2Si2. The Labute approximate surface area is 110 Å². The number of hydrogen-bond donors (Lipinski definition) is 1. The molecule has 17 heavy (non-hydrogen) atoms. The maximum absolute atomic E-state index is 6.12. The molecule has 0 rings (SSSR count). The van der Waals surface area contributed by atoms with Crippen molar-refractivity contribution in [2.45, 2.75) is 65.7 Å². The molecule has 0 bridgehead atoms. The molecule has 0 spiro atoms. The smallest absolute Gasteiger partial charge is 0.263 e. The summed E-state index contributed by atoms with van der Waals surface area (Å²) in [5, 5.41) is 0. The molecule has 0 amide bonds. The Morgan fingerprint density at radius 1 is 0.647 bits per heavy atom. The van der Waals surface area contributed by atoms with Gasteiger partial charge < -0.3 is 13.5 Å². The van der Waals surface area contributed by atoms with Gasteiger partial charge in [0, 0.05) is 13.2 Å². The van der Waals surface area contributed by atoms with E-state index in [9.17, 15) is 0 Å². The van der Waals surface area contributed by atoms with Crippen molar-refractivity contribution in [2.24, 2.45) is 0 Å². The summed E-state index contributed by atoms with van der Waals surface area (Å²) in [4.78, 5) is 0. The first-order valence-electron chi connectivity index (χ1n) is 7.14. The summed E-state index contributed by atoms with van der Waals surface area (Å²) < 4.78 is 16.1. The summed E-state index contributed by atoms with van der Waals surface area (Å²) in [6, 6.07) is 4.50. The highest BCUT2D eigenvalue weighted by atomic mass is 28.4. The van der Waals surface area contributed by atoms with Crippen LogP contribution < -0.4 is 4.65 Å². The molecule has 0 aromatic rings. The van der Waals surface area contributed by atoms with Crippen LogP contribution in [-0.4, -0.2) is 30.2 Å². The molecule has 0 aromatic heterocycles. The van der Waals surface area contributed by atoms with Gasteiger partial charge >= 0.3 is 0 Å². The van der Waals surface area contributed by atoms with E-state index >= 15 is 0 Å². The van der Waals surface area contributed by atoms with Gasteiger partial charge in [0.15, 0.2) is 0 Å². The second kappa shape index (κ2) is 8.42. The SMILES string of the molecule is CCO[Si](CC)(CC)N[Si](CC)(CC)OCC. The average molecular weight is 278 g/mol. The molecule has 0 aromatic carbocycles. The van der Waals surface area contributed by atoms with Crippen LogP contribution in [0.4, 0.5) is 0 Å². The fourth-order valence-electron chi connectivity index (χ4n) is 2.30. The molecule has 0 saturated carbocycles. The van der Waals surface area contributed by atoms with E-state index in [0.29, 0.717) is 0 Å². The van der Waals surface area contributed by atoms with Crippen molar-refractivity contribution in [1.29, 1.82) is 0 Å². The lowest BCUT2D eigenvalue weighted by atomic mass is 10.9. The quantitative estimate of drug-likeness (QED) is 0.619. The van der Waals surface area contributed by atoms with Gasteiger partial charge in [-0.15, -0.1) is 0 Å².